The van der Waals surface area contributed by atoms with Gasteiger partial charge in [-0.1, -0.05) is 6.92 Å². The van der Waals surface area contributed by atoms with Gasteiger partial charge in [-0.3, -0.25) is 0 Å². The fourth-order valence-corrected chi connectivity index (χ4v) is 2.87. The Morgan fingerprint density at radius 1 is 1.25 bits per heavy atom. The van der Waals surface area contributed by atoms with E-state index in [4.69, 9.17) is 0 Å². The summed E-state index contributed by atoms with van der Waals surface area (Å²) in [5, 5.41) is 15.1. The number of aromatic nitrogens is 3. The summed E-state index contributed by atoms with van der Waals surface area (Å²) >= 11 is 0. The molecule has 0 aromatic carbocycles. The summed E-state index contributed by atoms with van der Waals surface area (Å²) in [7, 11) is 1.98. The fourth-order valence-electron chi connectivity index (χ4n) is 2.87. The summed E-state index contributed by atoms with van der Waals surface area (Å²) in [6.45, 7) is 11.3. The summed E-state index contributed by atoms with van der Waals surface area (Å²) in [5.74, 6) is 2.68. The predicted molar refractivity (Wildman–Crippen MR) is 109 cm³/mol. The molecule has 1 aliphatic heterocycles. The second-order valence-corrected chi connectivity index (χ2v) is 6.18. The monoisotopic (exact) mass is 449 g/mol. The molecule has 0 unspecified atom stereocenters. The molecule has 1 fully saturated rings. The molecule has 7 nitrogen and oxygen atoms in total. The first-order valence-corrected chi connectivity index (χ1v) is 8.76. The molecule has 138 valence electrons. The van der Waals surface area contributed by atoms with E-state index in [9.17, 15) is 0 Å². The molecule has 1 aromatic rings. The van der Waals surface area contributed by atoms with Crippen LogP contribution in [0.4, 0.5) is 0 Å². The van der Waals surface area contributed by atoms with E-state index < -0.39 is 0 Å². The third-order valence-corrected chi connectivity index (χ3v) is 4.37. The Morgan fingerprint density at radius 2 is 1.96 bits per heavy atom. The van der Waals surface area contributed by atoms with Gasteiger partial charge in [0.15, 0.2) is 11.8 Å². The molecule has 0 aliphatic carbocycles. The smallest absolute Gasteiger partial charge is 0.191 e. The van der Waals surface area contributed by atoms with E-state index in [1.54, 1.807) is 0 Å². The second-order valence-electron chi connectivity index (χ2n) is 6.18. The summed E-state index contributed by atoms with van der Waals surface area (Å²) in [5.41, 5.74) is 0. The zero-order valence-corrected chi connectivity index (χ0v) is 17.7. The molecule has 1 saturated heterocycles. The van der Waals surface area contributed by atoms with Gasteiger partial charge in [0, 0.05) is 32.7 Å². The number of hydrogen-bond acceptors (Lipinski definition) is 4. The molecule has 2 rings (SSSR count). The number of halogens is 1. The maximum Gasteiger partial charge on any atom is 0.191 e. The highest BCUT2D eigenvalue weighted by Gasteiger charge is 2.19. The van der Waals surface area contributed by atoms with Crippen molar-refractivity contribution in [2.24, 2.45) is 12.0 Å². The van der Waals surface area contributed by atoms with E-state index in [2.05, 4.69) is 44.6 Å². The number of likely N-dealkylation sites (tertiary alicyclic amines) is 1. The van der Waals surface area contributed by atoms with Crippen LogP contribution in [0.3, 0.4) is 0 Å². The minimum absolute atomic E-state index is 0. The van der Waals surface area contributed by atoms with Gasteiger partial charge in [0.25, 0.3) is 0 Å². The van der Waals surface area contributed by atoms with Gasteiger partial charge < -0.3 is 20.1 Å². The van der Waals surface area contributed by atoms with Crippen molar-refractivity contribution in [2.75, 3.05) is 26.2 Å². The first-order chi connectivity index (χ1) is 11.1. The van der Waals surface area contributed by atoms with Gasteiger partial charge in [0.1, 0.15) is 12.4 Å². The van der Waals surface area contributed by atoms with E-state index in [0.29, 0.717) is 12.6 Å². The van der Waals surface area contributed by atoms with Crippen molar-refractivity contribution in [1.82, 2.24) is 30.3 Å². The Hall–Kier alpha value is -0.900. The van der Waals surface area contributed by atoms with Crippen molar-refractivity contribution in [2.45, 2.75) is 52.6 Å². The SMILES string of the molecule is CCCN1CCC(NC(=NCc2nnc(C)n2C)NCC)CC1.I. The number of nitrogens with one attached hydrogen (secondary N) is 2. The Labute approximate surface area is 162 Å². The normalized spacial score (nSPS) is 16.8. The lowest BCUT2D eigenvalue weighted by molar-refractivity contribution is 0.206. The number of guanidine groups is 1. The Bertz CT molecular complexity index is 507. The van der Waals surface area contributed by atoms with Crippen LogP contribution in [0.25, 0.3) is 0 Å². The van der Waals surface area contributed by atoms with Crippen LogP contribution in [0.2, 0.25) is 0 Å². The molecule has 0 bridgehead atoms. The van der Waals surface area contributed by atoms with Crippen molar-refractivity contribution in [3.63, 3.8) is 0 Å². The van der Waals surface area contributed by atoms with Gasteiger partial charge in [-0.05, 0) is 39.7 Å². The molecule has 0 radical (unpaired) electrons. The van der Waals surface area contributed by atoms with Crippen molar-refractivity contribution in [3.05, 3.63) is 11.6 Å². The zero-order valence-electron chi connectivity index (χ0n) is 15.4. The van der Waals surface area contributed by atoms with Crippen molar-refractivity contribution < 1.29 is 0 Å². The number of aliphatic imine (C=N–C) groups is 1. The third-order valence-electron chi connectivity index (χ3n) is 4.37. The second kappa shape index (κ2) is 10.9. The van der Waals surface area contributed by atoms with E-state index in [-0.39, 0.29) is 24.0 Å². The van der Waals surface area contributed by atoms with Crippen LogP contribution in [0.1, 0.15) is 44.8 Å². The van der Waals surface area contributed by atoms with Gasteiger partial charge in [-0.25, -0.2) is 4.99 Å². The number of nitrogens with zero attached hydrogens (tertiary/aromatic N) is 5. The molecule has 0 amide bonds. The number of aryl methyl sites for hydroxylation is 1. The van der Waals surface area contributed by atoms with Crippen LogP contribution in [0.15, 0.2) is 4.99 Å². The highest BCUT2D eigenvalue weighted by molar-refractivity contribution is 14.0. The Balaban J connectivity index is 0.00000288. The van der Waals surface area contributed by atoms with Crippen LogP contribution in [0.5, 0.6) is 0 Å². The molecule has 0 atom stereocenters. The van der Waals surface area contributed by atoms with E-state index in [1.807, 2.05) is 18.5 Å². The first-order valence-electron chi connectivity index (χ1n) is 8.76. The van der Waals surface area contributed by atoms with Gasteiger partial charge in [0.2, 0.25) is 0 Å². The van der Waals surface area contributed by atoms with E-state index in [0.717, 1.165) is 24.2 Å². The molecule has 0 spiro atoms. The molecule has 2 N–H and O–H groups in total. The van der Waals surface area contributed by atoms with E-state index in [1.165, 1.54) is 38.9 Å². The lowest BCUT2D eigenvalue weighted by Crippen LogP contribution is -2.48. The van der Waals surface area contributed by atoms with Crippen molar-refractivity contribution >= 4 is 29.9 Å². The molecular weight excluding hydrogens is 417 g/mol. The van der Waals surface area contributed by atoms with Crippen molar-refractivity contribution in [3.8, 4) is 0 Å². The third kappa shape index (κ3) is 6.19. The number of piperidine rings is 1. The average Bonchev–Trinajstić information content (AvgIpc) is 2.87. The minimum Gasteiger partial charge on any atom is -0.357 e. The molecule has 8 heteroatoms. The highest BCUT2D eigenvalue weighted by atomic mass is 127. The molecule has 2 heterocycles. The summed E-state index contributed by atoms with van der Waals surface area (Å²) < 4.78 is 1.98. The van der Waals surface area contributed by atoms with Crippen LogP contribution in [-0.2, 0) is 13.6 Å². The average molecular weight is 449 g/mol. The maximum atomic E-state index is 4.66. The van der Waals surface area contributed by atoms with Crippen LogP contribution in [0, 0.1) is 6.92 Å². The maximum absolute atomic E-state index is 4.66. The summed E-state index contributed by atoms with van der Waals surface area (Å²) in [4.78, 5) is 7.21. The van der Waals surface area contributed by atoms with Gasteiger partial charge in [-0.15, -0.1) is 34.2 Å². The Kier molecular flexibility index (Phi) is 9.57. The predicted octanol–water partition coefficient (Wildman–Crippen LogP) is 1.67. The van der Waals surface area contributed by atoms with Crippen LogP contribution >= 0.6 is 24.0 Å². The number of hydrogen-bond donors (Lipinski definition) is 2. The quantitative estimate of drug-likeness (QED) is 0.393. The summed E-state index contributed by atoms with van der Waals surface area (Å²) in [6, 6.07) is 0.502. The van der Waals surface area contributed by atoms with Crippen molar-refractivity contribution in [1.29, 1.82) is 0 Å². The largest absolute Gasteiger partial charge is 0.357 e. The lowest BCUT2D eigenvalue weighted by Gasteiger charge is -2.32. The topological polar surface area (TPSA) is 70.4 Å². The highest BCUT2D eigenvalue weighted by Crippen LogP contribution is 2.10. The molecule has 0 saturated carbocycles. The summed E-state index contributed by atoms with van der Waals surface area (Å²) in [6.07, 6.45) is 3.58. The molecule has 24 heavy (non-hydrogen) atoms. The molecular formula is C16H32IN7. The van der Waals surface area contributed by atoms with Gasteiger partial charge >= 0.3 is 0 Å². The molecule has 1 aromatic heterocycles. The molecule has 1 aliphatic rings. The Morgan fingerprint density at radius 3 is 2.50 bits per heavy atom. The minimum atomic E-state index is 0. The van der Waals surface area contributed by atoms with Crippen LogP contribution < -0.4 is 10.6 Å². The van der Waals surface area contributed by atoms with E-state index >= 15 is 0 Å². The fraction of sp³-hybridized carbons (Fsp3) is 0.812. The first kappa shape index (κ1) is 21.1. The zero-order chi connectivity index (χ0) is 16.7. The van der Waals surface area contributed by atoms with Crippen LogP contribution in [-0.4, -0.2) is 57.8 Å². The number of rotatable bonds is 6. The standard InChI is InChI=1S/C16H31N7.HI/c1-5-9-23-10-7-14(8-11-23)19-16(17-6-2)18-12-15-21-20-13(3)22(15)4;/h14H,5-12H2,1-4H3,(H2,17,18,19);1H. The lowest BCUT2D eigenvalue weighted by atomic mass is 10.1. The van der Waals surface area contributed by atoms with Gasteiger partial charge in [0.05, 0.1) is 0 Å². The van der Waals surface area contributed by atoms with Gasteiger partial charge in [-0.2, -0.15) is 0 Å².